The van der Waals surface area contributed by atoms with E-state index in [1.807, 2.05) is 44.2 Å². The summed E-state index contributed by atoms with van der Waals surface area (Å²) in [5, 5.41) is 12.1. The number of hydrogen-bond donors (Lipinski definition) is 2. The summed E-state index contributed by atoms with van der Waals surface area (Å²) in [6.07, 6.45) is 1.06. The Hall–Kier alpha value is -3.05. The van der Waals surface area contributed by atoms with Crippen LogP contribution in [-0.2, 0) is 6.61 Å². The van der Waals surface area contributed by atoms with Crippen molar-refractivity contribution in [1.29, 1.82) is 0 Å². The third-order valence-electron chi connectivity index (χ3n) is 4.62. The molecule has 1 unspecified atom stereocenters. The van der Waals surface area contributed by atoms with Crippen molar-refractivity contribution >= 4 is 11.6 Å². The van der Waals surface area contributed by atoms with Crippen LogP contribution in [0.2, 0.25) is 0 Å². The van der Waals surface area contributed by atoms with Crippen molar-refractivity contribution in [2.75, 3.05) is 5.32 Å². The van der Waals surface area contributed by atoms with Gasteiger partial charge in [0.15, 0.2) is 0 Å². The van der Waals surface area contributed by atoms with E-state index >= 15 is 0 Å². The molecule has 0 fully saturated rings. The minimum atomic E-state index is -0.189. The van der Waals surface area contributed by atoms with Crippen LogP contribution in [0.25, 0.3) is 11.3 Å². The SMILES string of the molecule is CCC(C)Oc1ccc(C(=O)Nc2cc(-c3ccc(CO)o3)ccc2C)cc1. The molecule has 0 saturated heterocycles. The molecular weight excluding hydrogens is 354 g/mol. The molecule has 0 bridgehead atoms. The topological polar surface area (TPSA) is 71.7 Å². The van der Waals surface area contributed by atoms with Crippen molar-refractivity contribution in [3.63, 3.8) is 0 Å². The first kappa shape index (κ1) is 19.7. The highest BCUT2D eigenvalue weighted by molar-refractivity contribution is 6.05. The number of carbonyl (C=O) groups is 1. The Kier molecular flexibility index (Phi) is 6.16. The molecule has 146 valence electrons. The zero-order chi connectivity index (χ0) is 20.1. The lowest BCUT2D eigenvalue weighted by molar-refractivity contribution is 0.102. The van der Waals surface area contributed by atoms with Gasteiger partial charge < -0.3 is 19.6 Å². The van der Waals surface area contributed by atoms with Gasteiger partial charge in [-0.3, -0.25) is 4.79 Å². The van der Waals surface area contributed by atoms with Crippen molar-refractivity contribution in [2.24, 2.45) is 0 Å². The maximum atomic E-state index is 12.6. The maximum Gasteiger partial charge on any atom is 0.255 e. The Morgan fingerprint density at radius 3 is 2.54 bits per heavy atom. The number of nitrogens with one attached hydrogen (secondary N) is 1. The number of furan rings is 1. The average molecular weight is 379 g/mol. The Bertz CT molecular complexity index is 943. The largest absolute Gasteiger partial charge is 0.491 e. The molecule has 2 aromatic carbocycles. The quantitative estimate of drug-likeness (QED) is 0.593. The van der Waals surface area contributed by atoms with Crippen LogP contribution in [0, 0.1) is 6.92 Å². The molecule has 1 heterocycles. The second kappa shape index (κ2) is 8.76. The summed E-state index contributed by atoms with van der Waals surface area (Å²) < 4.78 is 11.3. The van der Waals surface area contributed by atoms with E-state index in [-0.39, 0.29) is 18.6 Å². The number of rotatable bonds is 7. The van der Waals surface area contributed by atoms with E-state index in [0.717, 1.165) is 23.3 Å². The number of aryl methyl sites for hydroxylation is 1. The summed E-state index contributed by atoms with van der Waals surface area (Å²) in [4.78, 5) is 12.6. The summed E-state index contributed by atoms with van der Waals surface area (Å²) in [6, 6.07) is 16.4. The van der Waals surface area contributed by atoms with Crippen LogP contribution in [0.5, 0.6) is 5.75 Å². The molecular formula is C23H25NO4. The molecule has 1 aromatic heterocycles. The molecule has 28 heavy (non-hydrogen) atoms. The van der Waals surface area contributed by atoms with Gasteiger partial charge in [-0.05, 0) is 68.3 Å². The van der Waals surface area contributed by atoms with Crippen LogP contribution >= 0.6 is 0 Å². The first-order valence-electron chi connectivity index (χ1n) is 9.38. The fourth-order valence-electron chi connectivity index (χ4n) is 2.72. The van der Waals surface area contributed by atoms with E-state index in [0.29, 0.717) is 22.8 Å². The highest BCUT2D eigenvalue weighted by Crippen LogP contribution is 2.27. The van der Waals surface area contributed by atoms with Gasteiger partial charge in [0.05, 0.1) is 6.10 Å². The number of benzene rings is 2. The predicted molar refractivity (Wildman–Crippen MR) is 110 cm³/mol. The van der Waals surface area contributed by atoms with E-state index in [1.54, 1.807) is 24.3 Å². The van der Waals surface area contributed by atoms with Gasteiger partial charge in [-0.2, -0.15) is 0 Å². The Balaban J connectivity index is 1.75. The summed E-state index contributed by atoms with van der Waals surface area (Å²) in [7, 11) is 0. The Morgan fingerprint density at radius 2 is 1.89 bits per heavy atom. The number of hydrogen-bond acceptors (Lipinski definition) is 4. The van der Waals surface area contributed by atoms with Gasteiger partial charge in [-0.15, -0.1) is 0 Å². The van der Waals surface area contributed by atoms with Gasteiger partial charge in [-0.1, -0.05) is 19.1 Å². The van der Waals surface area contributed by atoms with Crippen LogP contribution < -0.4 is 10.1 Å². The molecule has 1 atom stereocenters. The Labute approximate surface area is 165 Å². The summed E-state index contributed by atoms with van der Waals surface area (Å²) >= 11 is 0. The van der Waals surface area contributed by atoms with Gasteiger partial charge >= 0.3 is 0 Å². The van der Waals surface area contributed by atoms with Gasteiger partial charge in [0.25, 0.3) is 5.91 Å². The van der Waals surface area contributed by atoms with Gasteiger partial charge in [0, 0.05) is 16.8 Å². The molecule has 2 N–H and O–H groups in total. The van der Waals surface area contributed by atoms with Crippen molar-refractivity contribution in [3.05, 3.63) is 71.5 Å². The first-order valence-corrected chi connectivity index (χ1v) is 9.38. The molecule has 5 nitrogen and oxygen atoms in total. The molecule has 0 aliphatic heterocycles. The van der Waals surface area contributed by atoms with E-state index < -0.39 is 0 Å². The first-order chi connectivity index (χ1) is 13.5. The molecule has 5 heteroatoms. The molecule has 0 radical (unpaired) electrons. The Morgan fingerprint density at radius 1 is 1.14 bits per heavy atom. The van der Waals surface area contributed by atoms with E-state index in [1.165, 1.54) is 0 Å². The van der Waals surface area contributed by atoms with Gasteiger partial charge in [0.1, 0.15) is 23.9 Å². The minimum Gasteiger partial charge on any atom is -0.491 e. The average Bonchev–Trinajstić information content (AvgIpc) is 3.19. The smallest absolute Gasteiger partial charge is 0.255 e. The summed E-state index contributed by atoms with van der Waals surface area (Å²) in [6.45, 7) is 5.87. The number of ether oxygens (including phenoxy) is 1. The van der Waals surface area contributed by atoms with E-state index in [2.05, 4.69) is 12.2 Å². The molecule has 3 rings (SSSR count). The van der Waals surface area contributed by atoms with E-state index in [4.69, 9.17) is 14.3 Å². The number of anilines is 1. The highest BCUT2D eigenvalue weighted by atomic mass is 16.5. The van der Waals surface area contributed by atoms with Crippen LogP contribution in [0.15, 0.2) is 59.0 Å². The number of aliphatic hydroxyl groups excluding tert-OH is 1. The number of carbonyl (C=O) groups excluding carboxylic acids is 1. The lowest BCUT2D eigenvalue weighted by atomic mass is 10.1. The second-order valence-corrected chi connectivity index (χ2v) is 6.77. The van der Waals surface area contributed by atoms with Crippen LogP contribution in [0.4, 0.5) is 5.69 Å². The summed E-state index contributed by atoms with van der Waals surface area (Å²) in [5.41, 5.74) is 3.05. The highest BCUT2D eigenvalue weighted by Gasteiger charge is 2.11. The van der Waals surface area contributed by atoms with Crippen LogP contribution in [-0.4, -0.2) is 17.1 Å². The summed E-state index contributed by atoms with van der Waals surface area (Å²) in [5.74, 6) is 1.71. The molecule has 0 spiro atoms. The third kappa shape index (κ3) is 4.61. The fourth-order valence-corrected chi connectivity index (χ4v) is 2.72. The van der Waals surface area contributed by atoms with Crippen molar-refractivity contribution in [1.82, 2.24) is 0 Å². The molecule has 3 aromatic rings. The maximum absolute atomic E-state index is 12.6. The van der Waals surface area contributed by atoms with Crippen LogP contribution in [0.1, 0.15) is 41.9 Å². The molecule has 0 aliphatic rings. The molecule has 1 amide bonds. The predicted octanol–water partition coefficient (Wildman–Crippen LogP) is 5.18. The number of aliphatic hydroxyl groups is 1. The lowest BCUT2D eigenvalue weighted by Crippen LogP contribution is -2.13. The number of amides is 1. The van der Waals surface area contributed by atoms with Crippen molar-refractivity contribution in [3.8, 4) is 17.1 Å². The zero-order valence-electron chi connectivity index (χ0n) is 16.4. The van der Waals surface area contributed by atoms with Gasteiger partial charge in [-0.25, -0.2) is 0 Å². The zero-order valence-corrected chi connectivity index (χ0v) is 16.4. The normalized spacial score (nSPS) is 11.9. The molecule has 0 saturated carbocycles. The standard InChI is InChI=1S/C23H25NO4/c1-4-16(3)27-19-9-7-17(8-10-19)23(26)24-21-13-18(6-5-15(21)2)22-12-11-20(14-25)28-22/h5-13,16,25H,4,14H2,1-3H3,(H,24,26). The third-order valence-corrected chi connectivity index (χ3v) is 4.62. The van der Waals surface area contributed by atoms with E-state index in [9.17, 15) is 4.79 Å². The van der Waals surface area contributed by atoms with Crippen molar-refractivity contribution < 1.29 is 19.1 Å². The fraction of sp³-hybridized carbons (Fsp3) is 0.261. The van der Waals surface area contributed by atoms with Gasteiger partial charge in [0.2, 0.25) is 0 Å². The second-order valence-electron chi connectivity index (χ2n) is 6.77. The monoisotopic (exact) mass is 379 g/mol. The van der Waals surface area contributed by atoms with Crippen LogP contribution in [0.3, 0.4) is 0 Å². The lowest BCUT2D eigenvalue weighted by Gasteiger charge is -2.13. The van der Waals surface area contributed by atoms with Crippen molar-refractivity contribution in [2.45, 2.75) is 39.9 Å². The minimum absolute atomic E-state index is 0.137. The molecule has 0 aliphatic carbocycles.